The van der Waals surface area contributed by atoms with Gasteiger partial charge in [0, 0.05) is 19.3 Å². The van der Waals surface area contributed by atoms with Crippen molar-refractivity contribution in [3.8, 4) is 0 Å². The van der Waals surface area contributed by atoms with E-state index in [1.807, 2.05) is 40.0 Å². The van der Waals surface area contributed by atoms with Gasteiger partial charge in [0.2, 0.25) is 0 Å². The van der Waals surface area contributed by atoms with Gasteiger partial charge in [-0.1, -0.05) is 6.07 Å². The highest BCUT2D eigenvalue weighted by Crippen LogP contribution is 2.35. The summed E-state index contributed by atoms with van der Waals surface area (Å²) in [5.41, 5.74) is 3.38. The van der Waals surface area contributed by atoms with Crippen LogP contribution in [-0.2, 0) is 16.3 Å². The molecule has 9 nitrogen and oxygen atoms in total. The first-order valence-corrected chi connectivity index (χ1v) is 11.5. The number of aromatic nitrogens is 3. The summed E-state index contributed by atoms with van der Waals surface area (Å²) >= 11 is -0.750. The molecule has 0 radical (unpaired) electrons. The number of amides is 1. The lowest BCUT2D eigenvalue weighted by atomic mass is 9.90. The van der Waals surface area contributed by atoms with Crippen LogP contribution in [0.4, 0.5) is 20.7 Å². The molecule has 2 N–H and O–H groups in total. The van der Waals surface area contributed by atoms with E-state index >= 15 is 0 Å². The van der Waals surface area contributed by atoms with E-state index in [-0.39, 0.29) is 17.8 Å². The van der Waals surface area contributed by atoms with Crippen LogP contribution in [0.5, 0.6) is 0 Å². The molecule has 0 bridgehead atoms. The zero-order valence-corrected chi connectivity index (χ0v) is 20.4. The average Bonchev–Trinajstić information content (AvgIpc) is 3.20. The molecule has 182 valence electrons. The molecule has 0 spiro atoms. The topological polar surface area (TPSA) is 117 Å². The van der Waals surface area contributed by atoms with Crippen molar-refractivity contribution in [2.24, 2.45) is 0 Å². The number of benzene rings is 1. The van der Waals surface area contributed by atoms with Crippen LogP contribution in [0.3, 0.4) is 0 Å². The van der Waals surface area contributed by atoms with Crippen molar-refractivity contribution >= 4 is 40.2 Å². The van der Waals surface area contributed by atoms with Crippen LogP contribution in [0.2, 0.25) is 0 Å². The Hall–Kier alpha value is -3.34. The Morgan fingerprint density at radius 2 is 1.91 bits per heavy atom. The number of aromatic amines is 1. The van der Waals surface area contributed by atoms with Crippen molar-refractivity contribution in [1.82, 2.24) is 19.9 Å². The number of piperidine rings is 1. The van der Waals surface area contributed by atoms with Gasteiger partial charge in [-0.05, 0) is 69.7 Å². The molecule has 11 heteroatoms. The normalized spacial score (nSPS) is 14.3. The van der Waals surface area contributed by atoms with E-state index in [2.05, 4.69) is 20.3 Å². The van der Waals surface area contributed by atoms with E-state index < -0.39 is 17.2 Å². The summed E-state index contributed by atoms with van der Waals surface area (Å²) in [4.78, 5) is 26.1. The second kappa shape index (κ2) is 10.7. The lowest BCUT2D eigenvalue weighted by Gasteiger charge is -2.33. The van der Waals surface area contributed by atoms with Crippen LogP contribution >= 0.6 is 0 Å². The number of rotatable bonds is 3. The summed E-state index contributed by atoms with van der Waals surface area (Å²) < 4.78 is 36.3. The molecule has 1 saturated heterocycles. The first kappa shape index (κ1) is 25.3. The zero-order chi connectivity index (χ0) is 24.9. The number of carbonyl (C=O) groups excluding carboxylic acids is 1. The molecule has 3 aromatic rings. The quantitative estimate of drug-likeness (QED) is 0.552. The summed E-state index contributed by atoms with van der Waals surface area (Å²) in [7, 11) is 0. The third-order valence-electron chi connectivity index (χ3n) is 5.46. The smallest absolute Gasteiger partial charge is 0.410 e. The minimum Gasteiger partial charge on any atom is -0.444 e. The first-order valence-electron chi connectivity index (χ1n) is 10.9. The third-order valence-corrected chi connectivity index (χ3v) is 5.46. The van der Waals surface area contributed by atoms with Crippen molar-refractivity contribution in [1.29, 1.82) is 0 Å². The van der Waals surface area contributed by atoms with Gasteiger partial charge < -0.3 is 19.9 Å². The number of nitrogens with one attached hydrogen (secondary N) is 2. The molecule has 0 unspecified atom stereocenters. The molecule has 4 rings (SSSR count). The van der Waals surface area contributed by atoms with Crippen molar-refractivity contribution in [2.75, 3.05) is 18.4 Å². The molecule has 1 fully saturated rings. The van der Waals surface area contributed by atoms with Gasteiger partial charge in [0.05, 0.1) is 11.2 Å². The fourth-order valence-corrected chi connectivity index (χ4v) is 3.91. The van der Waals surface area contributed by atoms with Crippen LogP contribution < -0.4 is 5.32 Å². The van der Waals surface area contributed by atoms with E-state index in [0.717, 1.165) is 35.0 Å². The molecule has 1 aliphatic heterocycles. The van der Waals surface area contributed by atoms with Crippen LogP contribution in [-0.4, -0.2) is 53.1 Å². The Bertz CT molecular complexity index is 1200. The molecule has 2 aromatic heterocycles. The second-order valence-corrected chi connectivity index (χ2v) is 9.24. The van der Waals surface area contributed by atoms with Gasteiger partial charge >= 0.3 is 17.7 Å². The molecule has 0 atom stereocenters. The largest absolute Gasteiger partial charge is 0.444 e. The fraction of sp³-hybridized carbons (Fsp3) is 0.435. The molecule has 1 aliphatic rings. The number of aryl methyl sites for hydroxylation is 1. The number of likely N-dealkylation sites (tertiary alicyclic amines) is 1. The summed E-state index contributed by atoms with van der Waals surface area (Å²) in [6.07, 6.45) is 4.82. The first-order chi connectivity index (χ1) is 16.1. The standard InChI is InChI=1S/C23H28FN5O2.O2S/c1-14-5-6-18(17(24)11-14)28-21-20-19(26-13-27-21)16(12-25-20)15-7-9-29(10-8-15)22(30)31-23(2,3)4;1-3-2/h5-6,11-13,15,25H,7-10H2,1-4H3,(H,26,27,28);. The molecular weight excluding hydrogens is 461 g/mol. The van der Waals surface area contributed by atoms with Crippen LogP contribution in [0.25, 0.3) is 11.0 Å². The maximum absolute atomic E-state index is 14.3. The summed E-state index contributed by atoms with van der Waals surface area (Å²) in [6.45, 7) is 8.74. The van der Waals surface area contributed by atoms with Crippen molar-refractivity contribution in [3.63, 3.8) is 0 Å². The minimum atomic E-state index is -0.750. The number of fused-ring (bicyclic) bond motifs is 1. The highest BCUT2D eigenvalue weighted by molar-refractivity contribution is 7.51. The maximum Gasteiger partial charge on any atom is 0.410 e. The molecule has 0 saturated carbocycles. The van der Waals surface area contributed by atoms with Gasteiger partial charge in [-0.15, -0.1) is 0 Å². The molecular formula is C23H28FN5O4S. The van der Waals surface area contributed by atoms with E-state index in [9.17, 15) is 9.18 Å². The predicted molar refractivity (Wildman–Crippen MR) is 127 cm³/mol. The monoisotopic (exact) mass is 489 g/mol. The van der Waals surface area contributed by atoms with E-state index in [1.165, 1.54) is 12.4 Å². The molecule has 34 heavy (non-hydrogen) atoms. The number of carbonyl (C=O) groups is 1. The lowest BCUT2D eigenvalue weighted by Crippen LogP contribution is -2.41. The number of nitrogens with zero attached hydrogens (tertiary/aromatic N) is 3. The van der Waals surface area contributed by atoms with Gasteiger partial charge in [-0.2, -0.15) is 8.42 Å². The molecule has 1 aromatic carbocycles. The predicted octanol–water partition coefficient (Wildman–Crippen LogP) is 4.59. The molecule has 1 amide bonds. The van der Waals surface area contributed by atoms with Gasteiger partial charge in [0.1, 0.15) is 23.3 Å². The lowest BCUT2D eigenvalue weighted by molar-refractivity contribution is 0.0205. The average molecular weight is 490 g/mol. The number of hydrogen-bond acceptors (Lipinski definition) is 7. The van der Waals surface area contributed by atoms with E-state index in [4.69, 9.17) is 13.2 Å². The number of ether oxygens (including phenoxy) is 1. The van der Waals surface area contributed by atoms with Gasteiger partial charge in [0.15, 0.2) is 5.82 Å². The Kier molecular flexibility index (Phi) is 7.98. The number of H-pyrrole nitrogens is 1. The summed E-state index contributed by atoms with van der Waals surface area (Å²) in [5, 5.41) is 3.08. The summed E-state index contributed by atoms with van der Waals surface area (Å²) in [6, 6.07) is 5.04. The molecule has 3 heterocycles. The van der Waals surface area contributed by atoms with Crippen molar-refractivity contribution in [2.45, 2.75) is 52.1 Å². The Labute approximate surface area is 200 Å². The van der Waals surface area contributed by atoms with Gasteiger partial charge in [-0.25, -0.2) is 19.2 Å². The van der Waals surface area contributed by atoms with Gasteiger partial charge in [0.25, 0.3) is 0 Å². The fourth-order valence-electron chi connectivity index (χ4n) is 3.91. The van der Waals surface area contributed by atoms with E-state index in [1.54, 1.807) is 11.0 Å². The SMILES string of the molecule is Cc1ccc(Nc2ncnc3c(C4CCN(C(=O)OC(C)(C)C)CC4)c[nH]c23)c(F)c1.O=S=O. The zero-order valence-electron chi connectivity index (χ0n) is 19.6. The van der Waals surface area contributed by atoms with Crippen LogP contribution in [0.15, 0.2) is 30.7 Å². The van der Waals surface area contributed by atoms with Crippen molar-refractivity contribution < 1.29 is 22.3 Å². The van der Waals surface area contributed by atoms with Crippen LogP contribution in [0.1, 0.15) is 50.7 Å². The van der Waals surface area contributed by atoms with E-state index in [0.29, 0.717) is 24.6 Å². The van der Waals surface area contributed by atoms with Crippen LogP contribution in [0, 0.1) is 12.7 Å². The number of anilines is 2. The molecule has 0 aliphatic carbocycles. The Balaban J connectivity index is 0.00000103. The number of hydrogen-bond donors (Lipinski definition) is 2. The highest BCUT2D eigenvalue weighted by atomic mass is 32.1. The highest BCUT2D eigenvalue weighted by Gasteiger charge is 2.29. The second-order valence-electron chi connectivity index (χ2n) is 9.11. The minimum absolute atomic E-state index is 0.265. The van der Waals surface area contributed by atoms with Crippen molar-refractivity contribution in [3.05, 3.63) is 47.7 Å². The Morgan fingerprint density at radius 3 is 2.53 bits per heavy atom. The van der Waals surface area contributed by atoms with Gasteiger partial charge in [-0.3, -0.25) is 0 Å². The number of halogens is 1. The Morgan fingerprint density at radius 1 is 1.24 bits per heavy atom. The third kappa shape index (κ3) is 6.16. The maximum atomic E-state index is 14.3. The summed E-state index contributed by atoms with van der Waals surface area (Å²) in [5.74, 6) is 0.476.